The minimum atomic E-state index is 0.576. The summed E-state index contributed by atoms with van der Waals surface area (Å²) in [5.41, 5.74) is 8.14. The van der Waals surface area contributed by atoms with Crippen LogP contribution < -0.4 is 5.73 Å². The van der Waals surface area contributed by atoms with Gasteiger partial charge in [0, 0.05) is 19.7 Å². The fourth-order valence-electron chi connectivity index (χ4n) is 1.35. The SMILES string of the molecule is CCc1ccccc1C(N)=NN(C)C. The van der Waals surface area contributed by atoms with Gasteiger partial charge in [-0.2, -0.15) is 5.10 Å². The third kappa shape index (κ3) is 2.49. The highest BCUT2D eigenvalue weighted by molar-refractivity contribution is 5.98. The van der Waals surface area contributed by atoms with Gasteiger partial charge in [0.15, 0.2) is 5.84 Å². The zero-order valence-corrected chi connectivity index (χ0v) is 8.99. The van der Waals surface area contributed by atoms with Crippen molar-refractivity contribution in [3.05, 3.63) is 35.4 Å². The molecule has 14 heavy (non-hydrogen) atoms. The van der Waals surface area contributed by atoms with Crippen LogP contribution in [-0.2, 0) is 6.42 Å². The van der Waals surface area contributed by atoms with Crippen LogP contribution in [0.1, 0.15) is 18.1 Å². The molecule has 0 unspecified atom stereocenters. The summed E-state index contributed by atoms with van der Waals surface area (Å²) in [5, 5.41) is 5.89. The first kappa shape index (κ1) is 10.6. The standard InChI is InChI=1S/C11H17N3/c1-4-9-7-5-6-8-10(9)11(12)13-14(2)3/h5-8H,4H2,1-3H3,(H2,12,13). The predicted molar refractivity (Wildman–Crippen MR) is 60.2 cm³/mol. The average molecular weight is 191 g/mol. The Kier molecular flexibility index (Phi) is 3.51. The third-order valence-electron chi connectivity index (χ3n) is 1.98. The largest absolute Gasteiger partial charge is 0.382 e. The number of nitrogens with two attached hydrogens (primary N) is 1. The summed E-state index contributed by atoms with van der Waals surface area (Å²) in [6.07, 6.45) is 0.972. The first-order chi connectivity index (χ1) is 6.65. The Bertz CT molecular complexity index is 329. The van der Waals surface area contributed by atoms with Crippen LogP contribution in [0.2, 0.25) is 0 Å². The molecular weight excluding hydrogens is 174 g/mol. The highest BCUT2D eigenvalue weighted by atomic mass is 15.4. The van der Waals surface area contributed by atoms with Gasteiger partial charge >= 0.3 is 0 Å². The second kappa shape index (κ2) is 4.65. The molecule has 0 saturated carbocycles. The van der Waals surface area contributed by atoms with Crippen molar-refractivity contribution in [2.45, 2.75) is 13.3 Å². The number of benzene rings is 1. The summed E-state index contributed by atoms with van der Waals surface area (Å²) in [6.45, 7) is 2.11. The van der Waals surface area contributed by atoms with Crippen LogP contribution in [0.3, 0.4) is 0 Å². The number of rotatable bonds is 3. The summed E-state index contributed by atoms with van der Waals surface area (Å²) in [7, 11) is 3.73. The second-order valence-corrected chi connectivity index (χ2v) is 3.34. The van der Waals surface area contributed by atoms with Gasteiger partial charge in [-0.25, -0.2) is 0 Å². The molecule has 3 nitrogen and oxygen atoms in total. The number of hydrogen-bond acceptors (Lipinski definition) is 2. The van der Waals surface area contributed by atoms with E-state index in [4.69, 9.17) is 5.73 Å². The van der Waals surface area contributed by atoms with Crippen LogP contribution in [0.15, 0.2) is 29.4 Å². The van der Waals surface area contributed by atoms with Crippen LogP contribution in [-0.4, -0.2) is 24.9 Å². The van der Waals surface area contributed by atoms with E-state index in [0.717, 1.165) is 12.0 Å². The van der Waals surface area contributed by atoms with Crippen molar-refractivity contribution in [3.63, 3.8) is 0 Å². The lowest BCUT2D eigenvalue weighted by molar-refractivity contribution is 0.437. The van der Waals surface area contributed by atoms with Crippen LogP contribution >= 0.6 is 0 Å². The zero-order chi connectivity index (χ0) is 10.6. The summed E-state index contributed by atoms with van der Waals surface area (Å²) < 4.78 is 0. The van der Waals surface area contributed by atoms with Gasteiger partial charge in [-0.05, 0) is 12.0 Å². The smallest absolute Gasteiger partial charge is 0.151 e. The number of hydrazone groups is 1. The highest BCUT2D eigenvalue weighted by Crippen LogP contribution is 2.08. The molecule has 3 heteroatoms. The third-order valence-corrected chi connectivity index (χ3v) is 1.98. The molecule has 0 saturated heterocycles. The zero-order valence-electron chi connectivity index (χ0n) is 8.99. The molecular formula is C11H17N3. The van der Waals surface area contributed by atoms with Gasteiger partial charge in [-0.3, -0.25) is 0 Å². The maximum atomic E-state index is 5.88. The Morgan fingerprint density at radius 1 is 1.36 bits per heavy atom. The normalized spacial score (nSPS) is 11.5. The van der Waals surface area contributed by atoms with E-state index < -0.39 is 0 Å². The molecule has 1 aromatic carbocycles. The fraction of sp³-hybridized carbons (Fsp3) is 0.364. The minimum absolute atomic E-state index is 0.576. The van der Waals surface area contributed by atoms with E-state index in [1.807, 2.05) is 32.3 Å². The Balaban J connectivity index is 3.05. The van der Waals surface area contributed by atoms with Crippen molar-refractivity contribution >= 4 is 5.84 Å². The molecule has 76 valence electrons. The second-order valence-electron chi connectivity index (χ2n) is 3.34. The van der Waals surface area contributed by atoms with E-state index >= 15 is 0 Å². The van der Waals surface area contributed by atoms with Crippen LogP contribution in [0.4, 0.5) is 0 Å². The molecule has 0 aromatic heterocycles. The minimum Gasteiger partial charge on any atom is -0.382 e. The summed E-state index contributed by atoms with van der Waals surface area (Å²) in [5.74, 6) is 0.576. The van der Waals surface area contributed by atoms with Crippen LogP contribution in [0.5, 0.6) is 0 Å². The van der Waals surface area contributed by atoms with Crippen molar-refractivity contribution in [1.29, 1.82) is 0 Å². The van der Waals surface area contributed by atoms with Crippen molar-refractivity contribution in [2.75, 3.05) is 14.1 Å². The number of aryl methyl sites for hydroxylation is 1. The molecule has 0 heterocycles. The van der Waals surface area contributed by atoms with Crippen LogP contribution in [0.25, 0.3) is 0 Å². The van der Waals surface area contributed by atoms with E-state index in [0.29, 0.717) is 5.84 Å². The summed E-state index contributed by atoms with van der Waals surface area (Å²) >= 11 is 0. The highest BCUT2D eigenvalue weighted by Gasteiger charge is 2.03. The maximum Gasteiger partial charge on any atom is 0.151 e. The molecule has 1 rings (SSSR count). The molecule has 0 atom stereocenters. The monoisotopic (exact) mass is 191 g/mol. The van der Waals surface area contributed by atoms with Crippen molar-refractivity contribution < 1.29 is 0 Å². The molecule has 0 aliphatic rings. The van der Waals surface area contributed by atoms with Gasteiger partial charge in [-0.1, -0.05) is 31.2 Å². The quantitative estimate of drug-likeness (QED) is 0.446. The molecule has 0 spiro atoms. The molecule has 0 aliphatic carbocycles. The Hall–Kier alpha value is -1.51. The van der Waals surface area contributed by atoms with Gasteiger partial charge in [-0.15, -0.1) is 0 Å². The molecule has 0 radical (unpaired) electrons. The van der Waals surface area contributed by atoms with E-state index in [9.17, 15) is 0 Å². The van der Waals surface area contributed by atoms with E-state index in [1.165, 1.54) is 5.56 Å². The fourth-order valence-corrected chi connectivity index (χ4v) is 1.35. The number of nitrogens with zero attached hydrogens (tertiary/aromatic N) is 2. The molecule has 1 aromatic rings. The number of hydrogen-bond donors (Lipinski definition) is 1. The van der Waals surface area contributed by atoms with Crippen molar-refractivity contribution in [1.82, 2.24) is 5.01 Å². The Labute approximate surface area is 85.2 Å². The summed E-state index contributed by atoms with van der Waals surface area (Å²) in [4.78, 5) is 0. The van der Waals surface area contributed by atoms with Gasteiger partial charge < -0.3 is 10.7 Å². The maximum absolute atomic E-state index is 5.88. The summed E-state index contributed by atoms with van der Waals surface area (Å²) in [6, 6.07) is 8.08. The van der Waals surface area contributed by atoms with Gasteiger partial charge in [0.25, 0.3) is 0 Å². The van der Waals surface area contributed by atoms with E-state index in [1.54, 1.807) is 5.01 Å². The predicted octanol–water partition coefficient (Wildman–Crippen LogP) is 1.43. The van der Waals surface area contributed by atoms with Gasteiger partial charge in [0.1, 0.15) is 0 Å². The molecule has 0 bridgehead atoms. The van der Waals surface area contributed by atoms with E-state index in [-0.39, 0.29) is 0 Å². The Morgan fingerprint density at radius 3 is 2.57 bits per heavy atom. The lowest BCUT2D eigenvalue weighted by Gasteiger charge is -2.10. The average Bonchev–Trinajstić information content (AvgIpc) is 2.16. The van der Waals surface area contributed by atoms with Crippen molar-refractivity contribution in [2.24, 2.45) is 10.8 Å². The lowest BCUT2D eigenvalue weighted by Crippen LogP contribution is -2.19. The van der Waals surface area contributed by atoms with Crippen molar-refractivity contribution in [3.8, 4) is 0 Å². The first-order valence-corrected chi connectivity index (χ1v) is 4.74. The Morgan fingerprint density at radius 2 is 2.00 bits per heavy atom. The topological polar surface area (TPSA) is 41.6 Å². The molecule has 0 amide bonds. The molecule has 0 aliphatic heterocycles. The molecule has 2 N–H and O–H groups in total. The van der Waals surface area contributed by atoms with Gasteiger partial charge in [0.2, 0.25) is 0 Å². The number of amidine groups is 1. The van der Waals surface area contributed by atoms with E-state index in [2.05, 4.69) is 18.1 Å². The van der Waals surface area contributed by atoms with Gasteiger partial charge in [0.05, 0.1) is 0 Å². The lowest BCUT2D eigenvalue weighted by atomic mass is 10.1. The van der Waals surface area contributed by atoms with Crippen LogP contribution in [0, 0.1) is 0 Å². The first-order valence-electron chi connectivity index (χ1n) is 4.74. The molecule has 0 fully saturated rings.